The molecule has 8 aromatic rings. The lowest BCUT2D eigenvalue weighted by Gasteiger charge is -2.33. The lowest BCUT2D eigenvalue weighted by atomic mass is 9.92. The Kier molecular flexibility index (Phi) is 34.2. The summed E-state index contributed by atoms with van der Waals surface area (Å²) in [5, 5.41) is 30.8. The molecule has 0 saturated carbocycles. The second-order valence-corrected chi connectivity index (χ2v) is 29.1. The molecule has 42 heteroatoms. The lowest BCUT2D eigenvalue weighted by molar-refractivity contribution is -0.133. The molecule has 0 spiro atoms. The highest BCUT2D eigenvalue weighted by Gasteiger charge is 2.36. The van der Waals surface area contributed by atoms with Gasteiger partial charge in [0.05, 0.1) is 142 Å². The third kappa shape index (κ3) is 26.2. The zero-order valence-corrected chi connectivity index (χ0v) is 69.5. The molecule has 0 atom stereocenters. The minimum absolute atomic E-state index is 0.0114. The number of carbonyl (C=O) groups excluding carboxylic acids is 9. The molecular formula is C80H108F2N22O18. The Labute approximate surface area is 702 Å². The van der Waals surface area contributed by atoms with Gasteiger partial charge in [-0.15, -0.1) is 0 Å². The van der Waals surface area contributed by atoms with Gasteiger partial charge in [-0.05, 0) is 61.1 Å². The van der Waals surface area contributed by atoms with Crippen molar-refractivity contribution in [2.75, 3.05) is 184 Å². The van der Waals surface area contributed by atoms with E-state index in [4.69, 9.17) is 47.7 Å². The molecule has 40 nitrogen and oxygen atoms in total. The number of hydrogen-bond acceptors (Lipinski definition) is 24. The molecule has 0 bridgehead atoms. The summed E-state index contributed by atoms with van der Waals surface area (Å²) in [4.78, 5) is 133. The Hall–Kier alpha value is -11.6. The second-order valence-electron chi connectivity index (χ2n) is 29.1. The van der Waals surface area contributed by atoms with Crippen LogP contribution >= 0.6 is 0 Å². The Bertz CT molecular complexity index is 4860. The van der Waals surface area contributed by atoms with Gasteiger partial charge in [0.2, 0.25) is 35.3 Å². The van der Waals surface area contributed by atoms with Crippen molar-refractivity contribution < 1.29 is 94.6 Å². The smallest absolute Gasteiger partial charge is 0.291 e. The van der Waals surface area contributed by atoms with E-state index in [2.05, 4.69) is 72.2 Å². The fourth-order valence-electron chi connectivity index (χ4n) is 13.9. The third-order valence-corrected chi connectivity index (χ3v) is 20.1. The zero-order valence-electron chi connectivity index (χ0n) is 69.5. The number of benzene rings is 1. The predicted octanol–water partition coefficient (Wildman–Crippen LogP) is 3.90. The van der Waals surface area contributed by atoms with E-state index >= 15 is 0 Å². The van der Waals surface area contributed by atoms with Crippen LogP contribution in [0.1, 0.15) is 133 Å². The van der Waals surface area contributed by atoms with E-state index in [0.717, 1.165) is 54.0 Å². The minimum atomic E-state index is -2.69. The highest BCUT2D eigenvalue weighted by atomic mass is 19.3. The van der Waals surface area contributed by atoms with Crippen LogP contribution < -0.4 is 47.4 Å². The van der Waals surface area contributed by atoms with Gasteiger partial charge < -0.3 is 118 Å². The number of alkyl halides is 2. The van der Waals surface area contributed by atoms with Gasteiger partial charge in [0.15, 0.2) is 23.3 Å². The SMILES string of the molecule is Cn1cc(-c2cc3c(cc2C(F)F)N(c2nn(C4CCOCC4)c4c2CN(C(=O)CCOCCOCCOCCOCCOCCOCCOCCOCCNC(=O)CCNC(=O)c2nc(NC(=O)CCNC(=O)c5cc(NC(=O)c6nc(NC(=O)CCNC(=O)c7cc(NC(=O)c8nccn8C)cn7C)cn6C)cn5C)cn2C)CC4)CCC3)cn1. The molecule has 0 unspecified atom stereocenters. The van der Waals surface area contributed by atoms with Crippen molar-refractivity contribution in [3.05, 3.63) is 125 Å². The molecule has 9 amide bonds. The summed E-state index contributed by atoms with van der Waals surface area (Å²) >= 11 is 0. The number of imidazole rings is 3. The van der Waals surface area contributed by atoms with E-state index in [1.807, 2.05) is 11.0 Å². The molecule has 11 rings (SSSR count). The molecule has 3 aliphatic heterocycles. The Morgan fingerprint density at radius 3 is 1.53 bits per heavy atom. The summed E-state index contributed by atoms with van der Waals surface area (Å²) < 4.78 is 91.2. The van der Waals surface area contributed by atoms with Crippen molar-refractivity contribution in [3.63, 3.8) is 0 Å². The van der Waals surface area contributed by atoms with Crippen LogP contribution in [0.4, 0.5) is 43.3 Å². The number of amides is 9. The van der Waals surface area contributed by atoms with Crippen LogP contribution in [0.25, 0.3) is 11.1 Å². The molecule has 10 heterocycles. The second kappa shape index (κ2) is 45.8. The van der Waals surface area contributed by atoms with Gasteiger partial charge in [-0.1, -0.05) is 0 Å². The standard InChI is InChI=1S/C80H108F2N22O18/c1-96-23-19-84-73(96)79(112)89-55-43-63(97(2)48-55)76(109)85-18-11-69(107)92-66-52-100(5)75(94-66)80(113)90-56-44-64(98(3)49-56)77(110)86-17-10-68(106)91-65-51-99(4)74(93-65)78(111)87-16-9-67(105)83-20-27-116-29-31-118-33-35-120-37-39-122-41-40-121-38-36-119-34-32-117-30-28-115-26-15-70(108)102-22-12-61-60(50-102)72(95-104(61)57-13-24-114-25-14-57)103-21-7-8-53-42-58(54-46-88-101(6)47-54)59(71(81)82)45-62(53)103/h19,23,42-49,51-52,57,71H,7-18,20-22,24-41,50H2,1-6H3,(H,83,105)(H,85,109)(H,86,110)(H,87,111)(H,89,112)(H,90,113)(H,91,106)(H,92,107). The Morgan fingerprint density at radius 1 is 0.508 bits per heavy atom. The number of aryl methyl sites for hydroxylation is 7. The van der Waals surface area contributed by atoms with Crippen molar-refractivity contribution in [2.24, 2.45) is 42.3 Å². The Balaban J connectivity index is 0.447. The molecule has 3 aliphatic rings. The molecule has 1 aromatic carbocycles. The third-order valence-electron chi connectivity index (χ3n) is 20.1. The largest absolute Gasteiger partial charge is 0.381 e. The summed E-state index contributed by atoms with van der Waals surface area (Å²) in [6, 6.07) is 6.59. The van der Waals surface area contributed by atoms with Crippen LogP contribution in [0.2, 0.25) is 0 Å². The van der Waals surface area contributed by atoms with Gasteiger partial charge in [0, 0.05) is 192 Å². The van der Waals surface area contributed by atoms with Crippen molar-refractivity contribution in [1.82, 2.24) is 83.5 Å². The maximum Gasteiger partial charge on any atom is 0.291 e. The topological polar surface area (TPSA) is 438 Å². The molecular weight excluding hydrogens is 1600 g/mol. The van der Waals surface area contributed by atoms with E-state index in [1.54, 1.807) is 82.4 Å². The number of hydrogen-bond donors (Lipinski definition) is 8. The number of fused-ring (bicyclic) bond motifs is 2. The maximum absolute atomic E-state index is 14.8. The van der Waals surface area contributed by atoms with Gasteiger partial charge >= 0.3 is 0 Å². The van der Waals surface area contributed by atoms with E-state index < -0.39 is 47.8 Å². The average Bonchev–Trinajstić information content (AvgIpc) is 1.62. The number of nitrogens with one attached hydrogen (secondary N) is 8. The van der Waals surface area contributed by atoms with Gasteiger partial charge in [-0.25, -0.2) is 23.7 Å². The van der Waals surface area contributed by atoms with Crippen molar-refractivity contribution in [3.8, 4) is 11.1 Å². The van der Waals surface area contributed by atoms with E-state index in [1.165, 1.54) is 55.2 Å². The van der Waals surface area contributed by atoms with Crippen LogP contribution in [0.5, 0.6) is 0 Å². The number of nitrogens with zero attached hydrogens (tertiary/aromatic N) is 14. The predicted molar refractivity (Wildman–Crippen MR) is 438 cm³/mol. The van der Waals surface area contributed by atoms with Gasteiger partial charge in [-0.2, -0.15) is 10.2 Å². The van der Waals surface area contributed by atoms with E-state index in [0.29, 0.717) is 149 Å². The van der Waals surface area contributed by atoms with Crippen molar-refractivity contribution in [2.45, 2.75) is 76.8 Å². The van der Waals surface area contributed by atoms with Gasteiger partial charge in [0.1, 0.15) is 11.4 Å². The van der Waals surface area contributed by atoms with Crippen LogP contribution in [-0.2, 0) is 123 Å². The first-order valence-corrected chi connectivity index (χ1v) is 40.5. The van der Waals surface area contributed by atoms with Crippen LogP contribution in [0.15, 0.2) is 73.8 Å². The molecule has 0 aliphatic carbocycles. The summed E-state index contributed by atoms with van der Waals surface area (Å²) in [6.07, 6.45) is 13.5. The van der Waals surface area contributed by atoms with Crippen LogP contribution in [0.3, 0.4) is 0 Å². The van der Waals surface area contributed by atoms with Crippen molar-refractivity contribution in [1.29, 1.82) is 0 Å². The Morgan fingerprint density at radius 2 is 1.02 bits per heavy atom. The number of halogens is 2. The number of rotatable bonds is 49. The van der Waals surface area contributed by atoms with E-state index in [9.17, 15) is 51.9 Å². The summed E-state index contributed by atoms with van der Waals surface area (Å²) in [6.45, 7) is 8.60. The molecule has 660 valence electrons. The van der Waals surface area contributed by atoms with Gasteiger partial charge in [-0.3, -0.25) is 52.5 Å². The number of carbonyl (C=O) groups is 9. The highest BCUT2D eigenvalue weighted by Crippen LogP contribution is 2.44. The van der Waals surface area contributed by atoms with Gasteiger partial charge in [0.25, 0.3) is 36.0 Å². The summed E-state index contributed by atoms with van der Waals surface area (Å²) in [5.74, 6) is -2.99. The molecule has 8 N–H and O–H groups in total. The zero-order chi connectivity index (χ0) is 86.4. The molecule has 0 radical (unpaired) electrons. The maximum atomic E-state index is 14.8. The van der Waals surface area contributed by atoms with E-state index in [-0.39, 0.29) is 135 Å². The quantitative estimate of drug-likeness (QED) is 0.0251. The number of anilines is 6. The molecule has 7 aromatic heterocycles. The first-order chi connectivity index (χ1) is 59.0. The summed E-state index contributed by atoms with van der Waals surface area (Å²) in [5.41, 5.74) is 5.88. The number of ether oxygens (including phenoxy) is 9. The first-order valence-electron chi connectivity index (χ1n) is 40.5. The van der Waals surface area contributed by atoms with Crippen molar-refractivity contribution >= 4 is 87.7 Å². The fraction of sp³-hybridized carbons (Fsp3) is 0.525. The normalized spacial score (nSPS) is 13.4. The average molecular weight is 1700 g/mol. The molecule has 1 fully saturated rings. The fourth-order valence-corrected chi connectivity index (χ4v) is 13.9. The van der Waals surface area contributed by atoms with Crippen LogP contribution in [0, 0.1) is 0 Å². The van der Waals surface area contributed by atoms with Crippen LogP contribution in [-0.4, -0.2) is 274 Å². The minimum Gasteiger partial charge on any atom is -0.381 e. The summed E-state index contributed by atoms with van der Waals surface area (Å²) in [7, 11) is 9.80. The molecule has 1 saturated heterocycles. The lowest BCUT2D eigenvalue weighted by Crippen LogP contribution is -2.38. The highest BCUT2D eigenvalue weighted by molar-refractivity contribution is 6.05. The number of aromatic nitrogens is 12. The molecule has 122 heavy (non-hydrogen) atoms. The monoisotopic (exact) mass is 1700 g/mol. The first kappa shape index (κ1) is 91.1.